The van der Waals surface area contributed by atoms with Gasteiger partial charge in [-0.3, -0.25) is 5.01 Å². The Kier molecular flexibility index (Phi) is 13.3. The summed E-state index contributed by atoms with van der Waals surface area (Å²) in [5.74, 6) is 0. The predicted octanol–water partition coefficient (Wildman–Crippen LogP) is 10.3. The van der Waals surface area contributed by atoms with E-state index >= 15 is 0 Å². The largest absolute Gasteiger partial charge is 0.255 e. The van der Waals surface area contributed by atoms with Crippen LogP contribution in [-0.2, 0) is 0 Å². The van der Waals surface area contributed by atoms with E-state index in [2.05, 4.69) is 140 Å². The zero-order valence-corrected chi connectivity index (χ0v) is 32.5. The van der Waals surface area contributed by atoms with Crippen molar-refractivity contribution in [1.29, 1.82) is 0 Å². The maximum atomic E-state index is 3.82. The van der Waals surface area contributed by atoms with Gasteiger partial charge in [-0.2, -0.15) is 28.1 Å². The molecule has 0 spiro atoms. The molecule has 276 valence electrons. The molecule has 1 saturated carbocycles. The molecule has 0 bridgehead atoms. The molecule has 2 fully saturated rings. The van der Waals surface area contributed by atoms with Gasteiger partial charge in [0.2, 0.25) is 0 Å². The molecular formula is C50H63BN2. The maximum Gasteiger partial charge on any atom is 0.105 e. The minimum Gasteiger partial charge on any atom is -0.255 e. The molecule has 2 nitrogen and oxygen atoms in total. The van der Waals surface area contributed by atoms with E-state index in [0.717, 1.165) is 12.4 Å². The normalized spacial score (nSPS) is 18.2. The van der Waals surface area contributed by atoms with Gasteiger partial charge in [0.15, 0.2) is 0 Å². The van der Waals surface area contributed by atoms with Crippen molar-refractivity contribution in [2.45, 2.75) is 116 Å². The molecule has 53 heavy (non-hydrogen) atoms. The van der Waals surface area contributed by atoms with E-state index < -0.39 is 6.15 Å². The SMILES string of the molecule is C1CCCCC([NH+]2CCCCCCCN2)CCC1.CCCC[B-](c1cccc2ccccc12)(c1cccc2ccccc12)c1cccc2ccccc12. The Morgan fingerprint density at radius 3 is 1.40 bits per heavy atom. The summed E-state index contributed by atoms with van der Waals surface area (Å²) in [6.45, 7) is 4.92. The summed E-state index contributed by atoms with van der Waals surface area (Å²) in [5, 5.41) is 9.78. The Labute approximate surface area is 320 Å². The van der Waals surface area contributed by atoms with Crippen molar-refractivity contribution >= 4 is 54.9 Å². The summed E-state index contributed by atoms with van der Waals surface area (Å²) in [5.41, 5.74) is 8.20. The molecule has 0 radical (unpaired) electrons. The van der Waals surface area contributed by atoms with E-state index in [9.17, 15) is 0 Å². The summed E-state index contributed by atoms with van der Waals surface area (Å²) >= 11 is 0. The van der Waals surface area contributed by atoms with Crippen molar-refractivity contribution < 1.29 is 5.01 Å². The van der Waals surface area contributed by atoms with Crippen molar-refractivity contribution in [1.82, 2.24) is 5.43 Å². The van der Waals surface area contributed by atoms with E-state index in [-0.39, 0.29) is 0 Å². The molecular weight excluding hydrogens is 639 g/mol. The van der Waals surface area contributed by atoms with Gasteiger partial charge in [0, 0.05) is 19.4 Å². The van der Waals surface area contributed by atoms with E-state index in [1.54, 1.807) is 5.01 Å². The Bertz CT molecular complexity index is 1780. The van der Waals surface area contributed by atoms with E-state index in [1.165, 1.54) is 158 Å². The molecule has 0 amide bonds. The predicted molar refractivity (Wildman–Crippen MR) is 234 cm³/mol. The van der Waals surface area contributed by atoms with Crippen LogP contribution in [0.5, 0.6) is 0 Å². The zero-order chi connectivity index (χ0) is 36.1. The van der Waals surface area contributed by atoms with Crippen LogP contribution < -0.4 is 26.8 Å². The molecule has 6 aromatic rings. The summed E-state index contributed by atoms with van der Waals surface area (Å²) in [6, 6.07) is 48.4. The van der Waals surface area contributed by atoms with E-state index in [1.807, 2.05) is 0 Å². The first-order valence-corrected chi connectivity index (χ1v) is 21.5. The topological polar surface area (TPSA) is 16.5 Å². The summed E-state index contributed by atoms with van der Waals surface area (Å²) in [7, 11) is 0. The van der Waals surface area contributed by atoms with Crippen LogP contribution in [0.4, 0.5) is 0 Å². The third kappa shape index (κ3) is 8.74. The monoisotopic (exact) mass is 703 g/mol. The Hall–Kier alpha value is -3.92. The molecule has 8 rings (SSSR count). The van der Waals surface area contributed by atoms with Gasteiger partial charge in [0.25, 0.3) is 0 Å². The van der Waals surface area contributed by atoms with Crippen molar-refractivity contribution in [3.8, 4) is 0 Å². The first kappa shape index (κ1) is 37.4. The molecule has 2 N–H and O–H groups in total. The number of benzene rings is 6. The standard InChI is InChI=1S/C34H30B.C16H32N2/c1-2-3-25-35(32-22-10-16-26-13-4-7-19-29(26)32,33-23-11-17-27-14-5-8-20-30(27)33)34-24-12-18-28-15-6-9-21-31(28)34;1-2-5-9-13-16(12-8-4-1)18-15-11-7-3-6-10-14-17-18/h4-24H,2-3,25H2,1H3;16-17H,1-15H2/q-1;/p+1. The smallest absolute Gasteiger partial charge is 0.105 e. The van der Waals surface area contributed by atoms with Crippen LogP contribution >= 0.6 is 0 Å². The van der Waals surface area contributed by atoms with E-state index in [0.29, 0.717) is 0 Å². The van der Waals surface area contributed by atoms with Crippen LogP contribution in [0.1, 0.15) is 103 Å². The van der Waals surface area contributed by atoms with Gasteiger partial charge >= 0.3 is 0 Å². The average molecular weight is 703 g/mol. The van der Waals surface area contributed by atoms with Crippen LogP contribution in [0.15, 0.2) is 127 Å². The minimum atomic E-state index is -1.25. The maximum absolute atomic E-state index is 3.82. The summed E-state index contributed by atoms with van der Waals surface area (Å²) < 4.78 is 0. The first-order valence-electron chi connectivity index (χ1n) is 21.5. The van der Waals surface area contributed by atoms with Gasteiger partial charge in [-0.1, -0.05) is 202 Å². The minimum absolute atomic E-state index is 0.904. The van der Waals surface area contributed by atoms with Crippen LogP contribution in [0.3, 0.4) is 0 Å². The first-order chi connectivity index (χ1) is 26.3. The highest BCUT2D eigenvalue weighted by Gasteiger charge is 2.33. The molecule has 1 aliphatic carbocycles. The van der Waals surface area contributed by atoms with Gasteiger partial charge in [-0.05, 0) is 48.3 Å². The van der Waals surface area contributed by atoms with Gasteiger partial charge < -0.3 is 0 Å². The summed E-state index contributed by atoms with van der Waals surface area (Å²) in [6.07, 6.45) is 21.2. The van der Waals surface area contributed by atoms with Crippen LogP contribution in [-0.4, -0.2) is 25.3 Å². The van der Waals surface area contributed by atoms with Gasteiger partial charge in [-0.15, -0.1) is 0 Å². The van der Waals surface area contributed by atoms with Crippen molar-refractivity contribution in [2.75, 3.05) is 13.1 Å². The van der Waals surface area contributed by atoms with Gasteiger partial charge in [0.05, 0.1) is 12.7 Å². The zero-order valence-electron chi connectivity index (χ0n) is 32.5. The fraction of sp³-hybridized carbons (Fsp3) is 0.400. The Balaban J connectivity index is 0.000000204. The van der Waals surface area contributed by atoms with Crippen molar-refractivity contribution in [3.63, 3.8) is 0 Å². The lowest BCUT2D eigenvalue weighted by molar-refractivity contribution is -0.970. The molecule has 1 saturated heterocycles. The number of hydrogen-bond donors (Lipinski definition) is 2. The van der Waals surface area contributed by atoms with Gasteiger partial charge in [-0.25, -0.2) is 0 Å². The number of nitrogens with one attached hydrogen (secondary N) is 2. The highest BCUT2D eigenvalue weighted by atomic mass is 15.5. The highest BCUT2D eigenvalue weighted by Crippen LogP contribution is 2.27. The summed E-state index contributed by atoms with van der Waals surface area (Å²) in [4.78, 5) is 0. The Morgan fingerprint density at radius 2 is 0.906 bits per heavy atom. The number of hydrogen-bond acceptors (Lipinski definition) is 1. The number of fused-ring (bicyclic) bond motifs is 3. The lowest BCUT2D eigenvalue weighted by Crippen LogP contribution is -3.22. The molecule has 3 heteroatoms. The number of unbranched alkanes of at least 4 members (excludes halogenated alkanes) is 1. The number of rotatable bonds is 7. The fourth-order valence-electron chi connectivity index (χ4n) is 10.2. The van der Waals surface area contributed by atoms with Gasteiger partial charge in [0.1, 0.15) is 6.04 Å². The molecule has 1 heterocycles. The van der Waals surface area contributed by atoms with Crippen molar-refractivity contribution in [2.24, 2.45) is 0 Å². The lowest BCUT2D eigenvalue weighted by atomic mass is 9.13. The number of quaternary nitrogens is 1. The van der Waals surface area contributed by atoms with E-state index in [4.69, 9.17) is 0 Å². The second-order valence-electron chi connectivity index (χ2n) is 16.3. The lowest BCUT2D eigenvalue weighted by Gasteiger charge is -2.45. The fourth-order valence-corrected chi connectivity index (χ4v) is 10.2. The molecule has 6 aromatic carbocycles. The molecule has 0 aromatic heterocycles. The van der Waals surface area contributed by atoms with Crippen LogP contribution in [0.25, 0.3) is 32.3 Å². The van der Waals surface area contributed by atoms with Crippen molar-refractivity contribution in [3.05, 3.63) is 127 Å². The second-order valence-corrected chi connectivity index (χ2v) is 16.3. The average Bonchev–Trinajstić information content (AvgIpc) is 3.45. The third-order valence-corrected chi connectivity index (χ3v) is 12.9. The highest BCUT2D eigenvalue weighted by molar-refractivity contribution is 7.14. The molecule has 1 atom stereocenters. The van der Waals surface area contributed by atoms with Crippen LogP contribution in [0.2, 0.25) is 6.32 Å². The Morgan fingerprint density at radius 1 is 0.491 bits per heavy atom. The third-order valence-electron chi connectivity index (χ3n) is 12.9. The van der Waals surface area contributed by atoms with Crippen LogP contribution in [0, 0.1) is 0 Å². The second kappa shape index (κ2) is 18.9. The quantitative estimate of drug-likeness (QED) is 0.158. The molecule has 1 aliphatic heterocycles. The molecule has 2 aliphatic rings. The molecule has 1 unspecified atom stereocenters.